The zero-order valence-corrected chi connectivity index (χ0v) is 13.3. The van der Waals surface area contributed by atoms with Crippen LogP contribution in [-0.2, 0) is 4.79 Å². The second-order valence-electron chi connectivity index (χ2n) is 6.30. The lowest BCUT2D eigenvalue weighted by Crippen LogP contribution is -2.53. The topological polar surface area (TPSA) is 35.6 Å². The van der Waals surface area contributed by atoms with Crippen LogP contribution in [0.2, 0.25) is 0 Å². The maximum atomic E-state index is 12.0. The monoisotopic (exact) mass is 269 g/mol. The van der Waals surface area contributed by atoms with Gasteiger partial charge in [-0.1, -0.05) is 13.8 Å². The van der Waals surface area contributed by atoms with Gasteiger partial charge in [0.2, 0.25) is 5.91 Å². The molecule has 1 N–H and O–H groups in total. The number of nitrogens with one attached hydrogen (secondary N) is 1. The van der Waals surface area contributed by atoms with Crippen molar-refractivity contribution in [3.63, 3.8) is 0 Å². The Balaban J connectivity index is 2.38. The van der Waals surface area contributed by atoms with E-state index in [0.717, 1.165) is 38.8 Å². The fourth-order valence-corrected chi connectivity index (χ4v) is 2.59. The van der Waals surface area contributed by atoms with Crippen LogP contribution in [0.15, 0.2) is 0 Å². The first-order valence-corrected chi connectivity index (χ1v) is 7.60. The second kappa shape index (κ2) is 7.25. The van der Waals surface area contributed by atoms with Gasteiger partial charge in [-0.25, -0.2) is 0 Å². The van der Waals surface area contributed by atoms with Gasteiger partial charge in [-0.3, -0.25) is 4.79 Å². The number of hydrogen-bond acceptors (Lipinski definition) is 3. The average Bonchev–Trinajstić information content (AvgIpc) is 2.38. The highest BCUT2D eigenvalue weighted by Gasteiger charge is 2.28. The third-order valence-electron chi connectivity index (χ3n) is 4.41. The molecule has 4 nitrogen and oxygen atoms in total. The Morgan fingerprint density at radius 2 is 1.79 bits per heavy atom. The Kier molecular flexibility index (Phi) is 6.27. The predicted octanol–water partition coefficient (Wildman–Crippen LogP) is 1.71. The Bertz CT molecular complexity index is 279. The number of likely N-dealkylation sites (N-methyl/N-ethyl adjacent to an activating group) is 1. The molecule has 0 aliphatic carbocycles. The fourth-order valence-electron chi connectivity index (χ4n) is 2.59. The lowest BCUT2D eigenvalue weighted by Gasteiger charge is -2.39. The van der Waals surface area contributed by atoms with Gasteiger partial charge in [-0.05, 0) is 46.7 Å². The van der Waals surface area contributed by atoms with Crippen LogP contribution in [0.3, 0.4) is 0 Å². The molecule has 112 valence electrons. The number of rotatable bonds is 6. The minimum atomic E-state index is 0.250. The van der Waals surface area contributed by atoms with Crippen LogP contribution in [0.25, 0.3) is 0 Å². The van der Waals surface area contributed by atoms with Crippen molar-refractivity contribution in [3.8, 4) is 0 Å². The zero-order valence-electron chi connectivity index (χ0n) is 13.3. The number of piperidine rings is 1. The van der Waals surface area contributed by atoms with Gasteiger partial charge in [0.25, 0.3) is 0 Å². The van der Waals surface area contributed by atoms with E-state index in [-0.39, 0.29) is 11.4 Å². The van der Waals surface area contributed by atoms with Gasteiger partial charge >= 0.3 is 0 Å². The third-order valence-corrected chi connectivity index (χ3v) is 4.41. The van der Waals surface area contributed by atoms with E-state index in [2.05, 4.69) is 26.1 Å². The Morgan fingerprint density at radius 3 is 2.21 bits per heavy atom. The summed E-state index contributed by atoms with van der Waals surface area (Å²) in [7, 11) is 3.89. The van der Waals surface area contributed by atoms with Gasteiger partial charge in [0.15, 0.2) is 0 Å². The van der Waals surface area contributed by atoms with Gasteiger partial charge < -0.3 is 15.1 Å². The highest BCUT2D eigenvalue weighted by molar-refractivity contribution is 5.78. The average molecular weight is 269 g/mol. The molecule has 0 atom stereocenters. The maximum absolute atomic E-state index is 12.0. The molecule has 4 heteroatoms. The predicted molar refractivity (Wildman–Crippen MR) is 80.3 cm³/mol. The van der Waals surface area contributed by atoms with Crippen molar-refractivity contribution >= 4 is 5.91 Å². The van der Waals surface area contributed by atoms with Crippen LogP contribution in [0.5, 0.6) is 0 Å². The summed E-state index contributed by atoms with van der Waals surface area (Å²) in [5.74, 6) is 0.261. The van der Waals surface area contributed by atoms with Gasteiger partial charge in [-0.2, -0.15) is 0 Å². The third kappa shape index (κ3) is 5.11. The van der Waals surface area contributed by atoms with E-state index < -0.39 is 0 Å². The van der Waals surface area contributed by atoms with E-state index in [4.69, 9.17) is 0 Å². The normalized spacial score (nSPS) is 18.1. The molecule has 0 unspecified atom stereocenters. The van der Waals surface area contributed by atoms with Crippen LogP contribution < -0.4 is 5.32 Å². The van der Waals surface area contributed by atoms with Crippen LogP contribution in [0.1, 0.15) is 46.5 Å². The molecular formula is C15H31N3O. The minimum absolute atomic E-state index is 0.250. The van der Waals surface area contributed by atoms with E-state index in [1.807, 2.05) is 23.9 Å². The highest BCUT2D eigenvalue weighted by atomic mass is 16.2. The number of amides is 1. The molecule has 0 spiro atoms. The number of hydrogen-bond donors (Lipinski definition) is 1. The molecule has 0 radical (unpaired) electrons. The van der Waals surface area contributed by atoms with Crippen molar-refractivity contribution in [3.05, 3.63) is 0 Å². The van der Waals surface area contributed by atoms with Gasteiger partial charge in [-0.15, -0.1) is 0 Å². The molecule has 0 aromatic heterocycles. The summed E-state index contributed by atoms with van der Waals surface area (Å²) < 4.78 is 0. The smallest absolute Gasteiger partial charge is 0.236 e. The largest absolute Gasteiger partial charge is 0.341 e. The molecule has 1 saturated heterocycles. The summed E-state index contributed by atoms with van der Waals surface area (Å²) in [6.45, 7) is 9.11. The molecule has 1 heterocycles. The summed E-state index contributed by atoms with van der Waals surface area (Å²) in [6.07, 6.45) is 4.47. The van der Waals surface area contributed by atoms with Crippen LogP contribution in [0.4, 0.5) is 0 Å². The summed E-state index contributed by atoms with van der Waals surface area (Å²) in [5.41, 5.74) is 0.250. The zero-order chi connectivity index (χ0) is 14.5. The summed E-state index contributed by atoms with van der Waals surface area (Å²) >= 11 is 0. The number of likely N-dealkylation sites (tertiary alicyclic amines) is 1. The quantitative estimate of drug-likeness (QED) is 0.797. The van der Waals surface area contributed by atoms with Crippen molar-refractivity contribution < 1.29 is 4.79 Å². The molecule has 0 bridgehead atoms. The molecule has 1 rings (SSSR count). The Hall–Kier alpha value is -0.610. The second-order valence-corrected chi connectivity index (χ2v) is 6.30. The number of nitrogens with zero attached hydrogens (tertiary/aromatic N) is 2. The SMILES string of the molecule is CCC(C)(CC)NC1CCN(C(=O)CN(C)C)CC1. The molecule has 19 heavy (non-hydrogen) atoms. The van der Waals surface area contributed by atoms with Crippen molar-refractivity contribution in [2.45, 2.75) is 58.0 Å². The lowest BCUT2D eigenvalue weighted by atomic mass is 9.92. The fraction of sp³-hybridized carbons (Fsp3) is 0.933. The van der Waals surface area contributed by atoms with Gasteiger partial charge in [0.05, 0.1) is 6.54 Å². The van der Waals surface area contributed by atoms with Gasteiger partial charge in [0, 0.05) is 24.7 Å². The molecule has 0 saturated carbocycles. The van der Waals surface area contributed by atoms with E-state index >= 15 is 0 Å². The summed E-state index contributed by atoms with van der Waals surface area (Å²) in [6, 6.07) is 0.563. The van der Waals surface area contributed by atoms with Gasteiger partial charge in [0.1, 0.15) is 0 Å². The molecule has 1 amide bonds. The first kappa shape index (κ1) is 16.4. The molecule has 1 fully saturated rings. The first-order chi connectivity index (χ1) is 8.90. The molecule has 0 aromatic carbocycles. The standard InChI is InChI=1S/C15H31N3O/c1-6-15(3,7-2)16-13-8-10-18(11-9-13)14(19)12-17(4)5/h13,16H,6-12H2,1-5H3. The van der Waals surface area contributed by atoms with E-state index in [9.17, 15) is 4.79 Å². The molecule has 1 aliphatic rings. The lowest BCUT2D eigenvalue weighted by molar-refractivity contribution is -0.133. The molecule has 0 aromatic rings. The Labute approximate surface area is 118 Å². The van der Waals surface area contributed by atoms with Crippen LogP contribution >= 0.6 is 0 Å². The van der Waals surface area contributed by atoms with E-state index in [1.165, 1.54) is 0 Å². The van der Waals surface area contributed by atoms with Crippen molar-refractivity contribution in [1.82, 2.24) is 15.1 Å². The summed E-state index contributed by atoms with van der Waals surface area (Å²) in [4.78, 5) is 15.9. The van der Waals surface area contributed by atoms with Crippen molar-refractivity contribution in [2.24, 2.45) is 0 Å². The highest BCUT2D eigenvalue weighted by Crippen LogP contribution is 2.19. The molecule has 1 aliphatic heterocycles. The van der Waals surface area contributed by atoms with Crippen molar-refractivity contribution in [1.29, 1.82) is 0 Å². The van der Waals surface area contributed by atoms with Crippen molar-refractivity contribution in [2.75, 3.05) is 33.7 Å². The van der Waals surface area contributed by atoms with Crippen LogP contribution in [-0.4, -0.2) is 61.0 Å². The first-order valence-electron chi connectivity index (χ1n) is 7.60. The molecular weight excluding hydrogens is 238 g/mol. The summed E-state index contributed by atoms with van der Waals surface area (Å²) in [5, 5.41) is 3.78. The minimum Gasteiger partial charge on any atom is -0.341 e. The van der Waals surface area contributed by atoms with E-state index in [0.29, 0.717) is 12.6 Å². The number of carbonyl (C=O) groups is 1. The Morgan fingerprint density at radius 1 is 1.26 bits per heavy atom. The maximum Gasteiger partial charge on any atom is 0.236 e. The number of carbonyl (C=O) groups excluding carboxylic acids is 1. The van der Waals surface area contributed by atoms with E-state index in [1.54, 1.807) is 0 Å². The van der Waals surface area contributed by atoms with Crippen LogP contribution in [0, 0.1) is 0 Å².